The maximum Gasteiger partial charge on any atom is 0.164 e. The average Bonchev–Trinajstić information content (AvgIpc) is 2.74. The number of halogens is 1. The smallest absolute Gasteiger partial charge is 0.164 e. The molecule has 0 aliphatic rings. The van der Waals surface area contributed by atoms with Gasteiger partial charge < -0.3 is 14.2 Å². The number of para-hydroxylation sites is 1. The fraction of sp³-hybridized carbons (Fsp3) is 0.0870. The van der Waals surface area contributed by atoms with Crippen LogP contribution >= 0.6 is 0 Å². The molecule has 140 valence electrons. The van der Waals surface area contributed by atoms with Gasteiger partial charge in [-0.3, -0.25) is 0 Å². The Balaban J connectivity index is 1.80. The van der Waals surface area contributed by atoms with E-state index in [4.69, 9.17) is 19.2 Å². The lowest BCUT2D eigenvalue weighted by Gasteiger charge is -2.13. The van der Waals surface area contributed by atoms with Gasteiger partial charge in [0.2, 0.25) is 0 Å². The van der Waals surface area contributed by atoms with Gasteiger partial charge in [-0.05, 0) is 48.5 Å². The number of rotatable bonds is 5. The van der Waals surface area contributed by atoms with Gasteiger partial charge >= 0.3 is 0 Å². The number of hydrogen-bond donors (Lipinski definition) is 0. The summed E-state index contributed by atoms with van der Waals surface area (Å²) in [6, 6.07) is 21.2. The van der Waals surface area contributed by atoms with Crippen LogP contribution in [0.15, 0.2) is 72.8 Å². The van der Waals surface area contributed by atoms with Gasteiger partial charge in [-0.15, -0.1) is 0 Å². The van der Waals surface area contributed by atoms with E-state index in [1.807, 2.05) is 36.4 Å². The quantitative estimate of drug-likeness (QED) is 0.439. The van der Waals surface area contributed by atoms with E-state index < -0.39 is 0 Å². The van der Waals surface area contributed by atoms with E-state index in [-0.39, 0.29) is 5.82 Å². The molecule has 0 aliphatic carbocycles. The molecule has 1 aromatic heterocycles. The highest BCUT2D eigenvalue weighted by atomic mass is 19.1. The topological polar surface area (TPSA) is 40.6 Å². The maximum absolute atomic E-state index is 13.3. The van der Waals surface area contributed by atoms with Gasteiger partial charge in [-0.1, -0.05) is 12.1 Å². The van der Waals surface area contributed by atoms with Crippen LogP contribution in [-0.2, 0) is 0 Å². The summed E-state index contributed by atoms with van der Waals surface area (Å²) in [7, 11) is 3.17. The second kappa shape index (κ2) is 7.56. The van der Waals surface area contributed by atoms with E-state index in [1.165, 1.54) is 12.1 Å². The first-order valence-electron chi connectivity index (χ1n) is 8.73. The number of ether oxygens (including phenoxy) is 3. The monoisotopic (exact) mass is 375 g/mol. The first-order valence-corrected chi connectivity index (χ1v) is 8.73. The van der Waals surface area contributed by atoms with Crippen LogP contribution in [0.3, 0.4) is 0 Å². The number of fused-ring (bicyclic) bond motifs is 1. The number of hydrogen-bond acceptors (Lipinski definition) is 4. The Labute approximate surface area is 162 Å². The lowest BCUT2D eigenvalue weighted by molar-refractivity contribution is 0.352. The number of aromatic nitrogens is 1. The van der Waals surface area contributed by atoms with Crippen molar-refractivity contribution >= 4 is 10.9 Å². The van der Waals surface area contributed by atoms with Gasteiger partial charge in [-0.2, -0.15) is 0 Å². The molecule has 5 heteroatoms. The number of methoxy groups -OCH3 is 2. The normalized spacial score (nSPS) is 10.7. The van der Waals surface area contributed by atoms with Crippen LogP contribution in [0, 0.1) is 5.82 Å². The van der Waals surface area contributed by atoms with Crippen molar-refractivity contribution in [2.75, 3.05) is 14.2 Å². The zero-order valence-corrected chi connectivity index (χ0v) is 15.5. The summed E-state index contributed by atoms with van der Waals surface area (Å²) in [5.74, 6) is 2.18. The van der Waals surface area contributed by atoms with E-state index in [9.17, 15) is 4.39 Å². The van der Waals surface area contributed by atoms with Crippen molar-refractivity contribution in [2.24, 2.45) is 0 Å². The van der Waals surface area contributed by atoms with Gasteiger partial charge in [0.05, 0.1) is 25.4 Å². The second-order valence-electron chi connectivity index (χ2n) is 6.15. The summed E-state index contributed by atoms with van der Waals surface area (Å²) < 4.78 is 30.1. The van der Waals surface area contributed by atoms with E-state index in [0.717, 1.165) is 16.5 Å². The molecule has 0 atom stereocenters. The van der Waals surface area contributed by atoms with Crippen LogP contribution in [0.1, 0.15) is 0 Å². The Bertz CT molecular complexity index is 1130. The van der Waals surface area contributed by atoms with Crippen molar-refractivity contribution in [3.8, 4) is 34.3 Å². The third-order valence-corrected chi connectivity index (χ3v) is 4.40. The molecule has 4 rings (SSSR count). The third kappa shape index (κ3) is 3.47. The van der Waals surface area contributed by atoms with Crippen LogP contribution in [0.4, 0.5) is 4.39 Å². The first kappa shape index (κ1) is 17.8. The predicted octanol–water partition coefficient (Wildman–Crippen LogP) is 5.85. The van der Waals surface area contributed by atoms with Crippen LogP contribution < -0.4 is 14.2 Å². The maximum atomic E-state index is 13.3. The van der Waals surface area contributed by atoms with Crippen molar-refractivity contribution in [3.05, 3.63) is 78.6 Å². The minimum atomic E-state index is -0.286. The zero-order valence-electron chi connectivity index (χ0n) is 15.5. The zero-order chi connectivity index (χ0) is 19.5. The molecule has 4 aromatic rings. The fourth-order valence-corrected chi connectivity index (χ4v) is 3.00. The first-order chi connectivity index (χ1) is 13.7. The molecular weight excluding hydrogens is 357 g/mol. The molecule has 4 nitrogen and oxygen atoms in total. The van der Waals surface area contributed by atoms with Crippen molar-refractivity contribution < 1.29 is 18.6 Å². The molecule has 0 aliphatic heterocycles. The van der Waals surface area contributed by atoms with Gasteiger partial charge in [0.1, 0.15) is 17.3 Å². The molecular formula is C23H18FNO3. The number of benzene rings is 3. The van der Waals surface area contributed by atoms with Crippen molar-refractivity contribution in [1.82, 2.24) is 4.98 Å². The van der Waals surface area contributed by atoms with Gasteiger partial charge in [-0.25, -0.2) is 9.37 Å². The Hall–Kier alpha value is -3.60. The minimum Gasteiger partial charge on any atom is -0.493 e. The molecule has 0 fully saturated rings. The SMILES string of the molecule is COc1ccc(Oc2cc(-c3ccc(F)cc3)nc3ccccc23)cc1OC. The average molecular weight is 375 g/mol. The Morgan fingerprint density at radius 2 is 1.50 bits per heavy atom. The van der Waals surface area contributed by atoms with Gasteiger partial charge in [0.15, 0.2) is 11.5 Å². The molecule has 28 heavy (non-hydrogen) atoms. The summed E-state index contributed by atoms with van der Waals surface area (Å²) in [6.45, 7) is 0. The summed E-state index contributed by atoms with van der Waals surface area (Å²) in [4.78, 5) is 4.69. The van der Waals surface area contributed by atoms with Crippen LogP contribution in [0.2, 0.25) is 0 Å². The Morgan fingerprint density at radius 1 is 0.750 bits per heavy atom. The van der Waals surface area contributed by atoms with Gasteiger partial charge in [0.25, 0.3) is 0 Å². The number of nitrogens with zero attached hydrogens (tertiary/aromatic N) is 1. The van der Waals surface area contributed by atoms with Crippen LogP contribution in [0.5, 0.6) is 23.0 Å². The molecule has 0 bridgehead atoms. The lowest BCUT2D eigenvalue weighted by atomic mass is 10.1. The highest BCUT2D eigenvalue weighted by molar-refractivity contribution is 5.88. The molecule has 0 saturated heterocycles. The highest BCUT2D eigenvalue weighted by Crippen LogP contribution is 2.36. The summed E-state index contributed by atoms with van der Waals surface area (Å²) >= 11 is 0. The largest absolute Gasteiger partial charge is 0.493 e. The molecule has 0 radical (unpaired) electrons. The Morgan fingerprint density at radius 3 is 2.25 bits per heavy atom. The summed E-state index contributed by atoms with van der Waals surface area (Å²) in [5.41, 5.74) is 2.30. The highest BCUT2D eigenvalue weighted by Gasteiger charge is 2.11. The summed E-state index contributed by atoms with van der Waals surface area (Å²) in [6.07, 6.45) is 0. The molecule has 0 saturated carbocycles. The van der Waals surface area contributed by atoms with Crippen molar-refractivity contribution in [2.45, 2.75) is 0 Å². The van der Waals surface area contributed by atoms with E-state index >= 15 is 0 Å². The number of pyridine rings is 1. The third-order valence-electron chi connectivity index (χ3n) is 4.40. The molecule has 0 spiro atoms. The fourth-order valence-electron chi connectivity index (χ4n) is 3.00. The minimum absolute atomic E-state index is 0.286. The molecule has 0 unspecified atom stereocenters. The predicted molar refractivity (Wildman–Crippen MR) is 107 cm³/mol. The molecule has 0 N–H and O–H groups in total. The van der Waals surface area contributed by atoms with Gasteiger partial charge in [0, 0.05) is 23.1 Å². The second-order valence-corrected chi connectivity index (χ2v) is 6.15. The summed E-state index contributed by atoms with van der Waals surface area (Å²) in [5, 5.41) is 0.878. The van der Waals surface area contributed by atoms with Crippen LogP contribution in [0.25, 0.3) is 22.2 Å². The van der Waals surface area contributed by atoms with Crippen molar-refractivity contribution in [3.63, 3.8) is 0 Å². The van der Waals surface area contributed by atoms with Crippen molar-refractivity contribution in [1.29, 1.82) is 0 Å². The molecule has 0 amide bonds. The van der Waals surface area contributed by atoms with Crippen LogP contribution in [-0.4, -0.2) is 19.2 Å². The lowest BCUT2D eigenvalue weighted by Crippen LogP contribution is -1.94. The molecule has 1 heterocycles. The molecule has 3 aromatic carbocycles. The van der Waals surface area contributed by atoms with E-state index in [0.29, 0.717) is 28.7 Å². The Kier molecular flexibility index (Phi) is 4.81. The standard InChI is InChI=1S/C23H18FNO3/c1-26-21-12-11-17(13-23(21)27-2)28-22-14-20(15-7-9-16(24)10-8-15)25-19-6-4-3-5-18(19)22/h3-14H,1-2H3. The van der Waals surface area contributed by atoms with E-state index in [1.54, 1.807) is 38.5 Å². The van der Waals surface area contributed by atoms with E-state index in [2.05, 4.69) is 0 Å².